The Morgan fingerprint density at radius 1 is 1.20 bits per heavy atom. The third-order valence-corrected chi connectivity index (χ3v) is 5.73. The fourth-order valence-electron chi connectivity index (χ4n) is 1.47. The topological polar surface area (TPSA) is 80.5 Å². The van der Waals surface area contributed by atoms with Crippen molar-refractivity contribution in [3.63, 3.8) is 0 Å². The molecule has 0 saturated heterocycles. The molecule has 0 saturated carbocycles. The van der Waals surface area contributed by atoms with Gasteiger partial charge in [0.1, 0.15) is 0 Å². The standard InChI is InChI=1S/C12H11BrN2O3S2/c1-8-2-4-9(5-3-8)20(17,18)15(14)12(16)10-6-7-11(13)19-10/h2-7H,14H2,1H3. The summed E-state index contributed by atoms with van der Waals surface area (Å²) in [5, 5.41) is 0. The molecule has 8 heteroatoms. The zero-order valence-corrected chi connectivity index (χ0v) is 13.6. The van der Waals surface area contributed by atoms with Crippen LogP contribution in [0.3, 0.4) is 0 Å². The van der Waals surface area contributed by atoms with Crippen LogP contribution in [-0.2, 0) is 10.0 Å². The van der Waals surface area contributed by atoms with Gasteiger partial charge in [-0.1, -0.05) is 17.7 Å². The predicted octanol–water partition coefficient (Wildman–Crippen LogP) is 2.52. The monoisotopic (exact) mass is 374 g/mol. The van der Waals surface area contributed by atoms with Crippen LogP contribution in [0.2, 0.25) is 0 Å². The molecule has 0 bridgehead atoms. The number of hydrogen-bond donors (Lipinski definition) is 1. The molecule has 1 heterocycles. The summed E-state index contributed by atoms with van der Waals surface area (Å²) in [6.07, 6.45) is 0. The van der Waals surface area contributed by atoms with Crippen molar-refractivity contribution in [2.45, 2.75) is 11.8 Å². The van der Waals surface area contributed by atoms with Crippen LogP contribution in [0.25, 0.3) is 0 Å². The number of thiophene rings is 1. The van der Waals surface area contributed by atoms with Gasteiger partial charge in [0, 0.05) is 0 Å². The number of nitrogens with zero attached hydrogens (tertiary/aromatic N) is 1. The third-order valence-electron chi connectivity index (χ3n) is 2.56. The summed E-state index contributed by atoms with van der Waals surface area (Å²) < 4.78 is 25.5. The highest BCUT2D eigenvalue weighted by molar-refractivity contribution is 9.11. The van der Waals surface area contributed by atoms with Crippen molar-refractivity contribution in [1.29, 1.82) is 0 Å². The summed E-state index contributed by atoms with van der Waals surface area (Å²) in [5.41, 5.74) is 0.918. The first-order valence-corrected chi connectivity index (χ1v) is 8.53. The lowest BCUT2D eigenvalue weighted by molar-refractivity contribution is 0.0866. The van der Waals surface area contributed by atoms with Crippen LogP contribution in [0.15, 0.2) is 45.1 Å². The number of carbonyl (C=O) groups is 1. The molecule has 0 aliphatic rings. The zero-order chi connectivity index (χ0) is 14.9. The Balaban J connectivity index is 2.34. The maximum Gasteiger partial charge on any atom is 0.292 e. The van der Waals surface area contributed by atoms with Crippen molar-refractivity contribution in [2.75, 3.05) is 0 Å². The number of carbonyl (C=O) groups excluding carboxylic acids is 1. The highest BCUT2D eigenvalue weighted by Crippen LogP contribution is 2.24. The van der Waals surface area contributed by atoms with Gasteiger partial charge >= 0.3 is 0 Å². The van der Waals surface area contributed by atoms with Gasteiger partial charge in [-0.2, -0.15) is 12.8 Å². The van der Waals surface area contributed by atoms with Crippen LogP contribution in [0.5, 0.6) is 0 Å². The van der Waals surface area contributed by atoms with E-state index in [-0.39, 0.29) is 14.2 Å². The number of aryl methyl sites for hydroxylation is 1. The van der Waals surface area contributed by atoms with E-state index in [0.717, 1.165) is 20.7 Å². The second-order valence-electron chi connectivity index (χ2n) is 4.02. The van der Waals surface area contributed by atoms with Crippen molar-refractivity contribution < 1.29 is 13.2 Å². The highest BCUT2D eigenvalue weighted by Gasteiger charge is 2.28. The number of hydrazine groups is 1. The van der Waals surface area contributed by atoms with Crippen LogP contribution in [0.1, 0.15) is 15.2 Å². The van der Waals surface area contributed by atoms with Gasteiger partial charge in [-0.3, -0.25) is 4.79 Å². The van der Waals surface area contributed by atoms with Crippen molar-refractivity contribution in [2.24, 2.45) is 5.84 Å². The predicted molar refractivity (Wildman–Crippen MR) is 80.7 cm³/mol. The van der Waals surface area contributed by atoms with E-state index in [9.17, 15) is 13.2 Å². The maximum absolute atomic E-state index is 12.2. The molecule has 0 radical (unpaired) electrons. The molecule has 1 aromatic heterocycles. The molecule has 20 heavy (non-hydrogen) atoms. The van der Waals surface area contributed by atoms with Crippen molar-refractivity contribution in [3.8, 4) is 0 Å². The minimum atomic E-state index is -4.04. The summed E-state index contributed by atoms with van der Waals surface area (Å²) in [4.78, 5) is 12.3. The van der Waals surface area contributed by atoms with Crippen molar-refractivity contribution in [3.05, 3.63) is 50.6 Å². The Morgan fingerprint density at radius 3 is 2.30 bits per heavy atom. The van der Waals surface area contributed by atoms with Gasteiger partial charge in [-0.25, -0.2) is 5.84 Å². The zero-order valence-electron chi connectivity index (χ0n) is 10.4. The molecular weight excluding hydrogens is 364 g/mol. The molecule has 1 amide bonds. The van der Waals surface area contributed by atoms with E-state index in [1.54, 1.807) is 18.2 Å². The third kappa shape index (κ3) is 2.93. The van der Waals surface area contributed by atoms with E-state index in [0.29, 0.717) is 0 Å². The minimum absolute atomic E-state index is 0.0189. The second-order valence-corrected chi connectivity index (χ2v) is 8.30. The molecule has 0 unspecified atom stereocenters. The van der Waals surface area contributed by atoms with E-state index >= 15 is 0 Å². The molecule has 2 N–H and O–H groups in total. The summed E-state index contributed by atoms with van der Waals surface area (Å²) in [6.45, 7) is 1.84. The summed E-state index contributed by atoms with van der Waals surface area (Å²) in [7, 11) is -4.04. The lowest BCUT2D eigenvalue weighted by atomic mass is 10.2. The first kappa shape index (κ1) is 15.2. The van der Waals surface area contributed by atoms with Crippen LogP contribution in [0.4, 0.5) is 0 Å². The number of rotatable bonds is 3. The number of sulfonamides is 1. The first-order chi connectivity index (χ1) is 9.32. The molecule has 0 aliphatic heterocycles. The minimum Gasteiger partial charge on any atom is -0.266 e. The number of benzene rings is 1. The van der Waals surface area contributed by atoms with Crippen LogP contribution >= 0.6 is 27.3 Å². The smallest absolute Gasteiger partial charge is 0.266 e. The summed E-state index contributed by atoms with van der Waals surface area (Å²) in [6, 6.07) is 9.30. The van der Waals surface area contributed by atoms with Crippen molar-refractivity contribution >= 4 is 43.2 Å². The van der Waals surface area contributed by atoms with Gasteiger partial charge < -0.3 is 0 Å². The number of amides is 1. The Hall–Kier alpha value is -1.22. The normalized spacial score (nSPS) is 11.3. The van der Waals surface area contributed by atoms with Gasteiger partial charge in [0.15, 0.2) is 0 Å². The molecule has 106 valence electrons. The van der Waals surface area contributed by atoms with E-state index in [1.807, 2.05) is 6.92 Å². The molecule has 2 aromatic rings. The second kappa shape index (κ2) is 5.65. The van der Waals surface area contributed by atoms with Gasteiger partial charge in [-0.15, -0.1) is 11.3 Å². The van der Waals surface area contributed by atoms with Crippen LogP contribution < -0.4 is 5.84 Å². The van der Waals surface area contributed by atoms with Gasteiger partial charge in [0.2, 0.25) is 0 Å². The van der Waals surface area contributed by atoms with Gasteiger partial charge in [0.25, 0.3) is 15.9 Å². The molecular formula is C12H11BrN2O3S2. The van der Waals surface area contributed by atoms with E-state index < -0.39 is 15.9 Å². The Kier molecular flexibility index (Phi) is 4.28. The largest absolute Gasteiger partial charge is 0.292 e. The maximum atomic E-state index is 12.2. The number of hydrogen-bond acceptors (Lipinski definition) is 5. The van der Waals surface area contributed by atoms with E-state index in [4.69, 9.17) is 5.84 Å². The van der Waals surface area contributed by atoms with Crippen LogP contribution in [0, 0.1) is 6.92 Å². The SMILES string of the molecule is Cc1ccc(S(=O)(=O)N(N)C(=O)c2ccc(Br)s2)cc1. The highest BCUT2D eigenvalue weighted by atomic mass is 79.9. The molecule has 1 aromatic carbocycles. The number of halogens is 1. The Labute approximate surface area is 129 Å². The lowest BCUT2D eigenvalue weighted by Crippen LogP contribution is -2.42. The first-order valence-electron chi connectivity index (χ1n) is 5.49. The molecule has 5 nitrogen and oxygen atoms in total. The Morgan fingerprint density at radius 2 is 1.80 bits per heavy atom. The van der Waals surface area contributed by atoms with E-state index in [1.165, 1.54) is 18.2 Å². The quantitative estimate of drug-likeness (QED) is 0.508. The molecule has 0 spiro atoms. The number of nitrogens with two attached hydrogens (primary N) is 1. The molecule has 0 fully saturated rings. The summed E-state index contributed by atoms with van der Waals surface area (Å²) >= 11 is 4.33. The van der Waals surface area contributed by atoms with E-state index in [2.05, 4.69) is 15.9 Å². The lowest BCUT2D eigenvalue weighted by Gasteiger charge is -2.16. The van der Waals surface area contributed by atoms with Gasteiger partial charge in [0.05, 0.1) is 13.6 Å². The fourth-order valence-corrected chi connectivity index (χ4v) is 3.88. The molecule has 2 rings (SSSR count). The fraction of sp³-hybridized carbons (Fsp3) is 0.0833. The molecule has 0 aliphatic carbocycles. The average Bonchev–Trinajstić information content (AvgIpc) is 2.84. The molecule has 0 atom stereocenters. The van der Waals surface area contributed by atoms with Crippen LogP contribution in [-0.4, -0.2) is 18.7 Å². The van der Waals surface area contributed by atoms with Gasteiger partial charge in [-0.05, 0) is 47.1 Å². The van der Waals surface area contributed by atoms with Crippen molar-refractivity contribution in [1.82, 2.24) is 4.41 Å². The average molecular weight is 375 g/mol. The summed E-state index contributed by atoms with van der Waals surface area (Å²) in [5.74, 6) is 4.73. The Bertz CT molecular complexity index is 738.